The molecule has 1 saturated heterocycles. The van der Waals surface area contributed by atoms with E-state index in [0.717, 1.165) is 51.4 Å². The van der Waals surface area contributed by atoms with E-state index in [-0.39, 0.29) is 29.2 Å². The predicted octanol–water partition coefficient (Wildman–Crippen LogP) is 6.40. The van der Waals surface area contributed by atoms with Crippen LogP contribution in [-0.4, -0.2) is 40.3 Å². The first-order valence-corrected chi connectivity index (χ1v) is 13.4. The van der Waals surface area contributed by atoms with Crippen LogP contribution in [0, 0.1) is 23.2 Å². The Morgan fingerprint density at radius 1 is 1.12 bits per heavy atom. The smallest absolute Gasteiger partial charge is 0.302 e. The Morgan fingerprint density at radius 2 is 1.82 bits per heavy atom. The van der Waals surface area contributed by atoms with Crippen molar-refractivity contribution in [2.75, 3.05) is 0 Å². The number of hydrogen-bond acceptors (Lipinski definition) is 5. The van der Waals surface area contributed by atoms with Crippen molar-refractivity contribution in [3.8, 4) is 0 Å². The van der Waals surface area contributed by atoms with Gasteiger partial charge in [-0.2, -0.15) is 0 Å². The van der Waals surface area contributed by atoms with Gasteiger partial charge in [0.15, 0.2) is 5.79 Å². The maximum atomic E-state index is 11.7. The van der Waals surface area contributed by atoms with Gasteiger partial charge in [-0.3, -0.25) is 4.79 Å². The topological polar surface area (TPSA) is 65.0 Å². The zero-order valence-corrected chi connectivity index (χ0v) is 22.5. The average molecular weight is 467 g/mol. The van der Waals surface area contributed by atoms with Crippen molar-refractivity contribution in [2.24, 2.45) is 23.2 Å². The quantitative estimate of drug-likeness (QED) is 0.398. The molecule has 2 aliphatic carbocycles. The number of aliphatic hydroxyl groups is 1. The minimum absolute atomic E-state index is 0.0783. The lowest BCUT2D eigenvalue weighted by molar-refractivity contribution is -0.158. The van der Waals surface area contributed by atoms with Crippen LogP contribution in [-0.2, 0) is 19.0 Å². The molecule has 6 atom stereocenters. The van der Waals surface area contributed by atoms with Crippen molar-refractivity contribution in [2.45, 2.75) is 149 Å². The molecule has 1 heterocycles. The highest BCUT2D eigenvalue weighted by Gasteiger charge is 2.54. The molecule has 5 nitrogen and oxygen atoms in total. The van der Waals surface area contributed by atoms with E-state index in [0.29, 0.717) is 17.8 Å². The molecule has 0 aromatic carbocycles. The molecule has 0 bridgehead atoms. The van der Waals surface area contributed by atoms with E-state index in [2.05, 4.69) is 20.8 Å². The van der Waals surface area contributed by atoms with E-state index in [1.165, 1.54) is 12.8 Å². The summed E-state index contributed by atoms with van der Waals surface area (Å²) in [7, 11) is 0. The predicted molar refractivity (Wildman–Crippen MR) is 131 cm³/mol. The first-order valence-electron chi connectivity index (χ1n) is 13.4. The molecular formula is C28H50O5. The second kappa shape index (κ2) is 9.78. The summed E-state index contributed by atoms with van der Waals surface area (Å²) in [4.78, 5) is 11.7. The van der Waals surface area contributed by atoms with E-state index >= 15 is 0 Å². The third-order valence-electron chi connectivity index (χ3n) is 8.90. The van der Waals surface area contributed by atoms with Gasteiger partial charge in [-0.25, -0.2) is 0 Å². The SMILES string of the molecule is CC(=O)O[C@H]1CCC[C@]2(C)C(C(CCCC(C)(C)O)CCC3OC(C)(C)OC3(C)C)CCC12. The van der Waals surface area contributed by atoms with Crippen LogP contribution < -0.4 is 0 Å². The number of hydrogen-bond donors (Lipinski definition) is 1. The molecule has 0 radical (unpaired) electrons. The van der Waals surface area contributed by atoms with Crippen molar-refractivity contribution in [1.82, 2.24) is 0 Å². The number of carbonyl (C=O) groups is 1. The van der Waals surface area contributed by atoms with Crippen LogP contribution in [0.1, 0.15) is 120 Å². The van der Waals surface area contributed by atoms with Crippen molar-refractivity contribution in [3.05, 3.63) is 0 Å². The monoisotopic (exact) mass is 466 g/mol. The summed E-state index contributed by atoms with van der Waals surface area (Å²) >= 11 is 0. The van der Waals surface area contributed by atoms with Crippen molar-refractivity contribution < 1.29 is 24.1 Å². The average Bonchev–Trinajstić information content (AvgIpc) is 3.09. The van der Waals surface area contributed by atoms with E-state index in [9.17, 15) is 9.90 Å². The van der Waals surface area contributed by atoms with E-state index in [1.807, 2.05) is 27.7 Å². The molecule has 33 heavy (non-hydrogen) atoms. The third-order valence-corrected chi connectivity index (χ3v) is 8.90. The van der Waals surface area contributed by atoms with Crippen LogP contribution in [0.4, 0.5) is 0 Å². The molecule has 2 saturated carbocycles. The molecule has 192 valence electrons. The Bertz CT molecular complexity index is 678. The number of fused-ring (bicyclic) bond motifs is 1. The van der Waals surface area contributed by atoms with Crippen molar-refractivity contribution in [3.63, 3.8) is 0 Å². The minimum Gasteiger partial charge on any atom is -0.462 e. The maximum absolute atomic E-state index is 11.7. The van der Waals surface area contributed by atoms with Crippen LogP contribution in [0.15, 0.2) is 0 Å². The Hall–Kier alpha value is -0.650. The third kappa shape index (κ3) is 6.52. The van der Waals surface area contributed by atoms with E-state index in [1.54, 1.807) is 6.92 Å². The Kier molecular flexibility index (Phi) is 7.98. The van der Waals surface area contributed by atoms with Gasteiger partial charge in [0.1, 0.15) is 6.10 Å². The van der Waals surface area contributed by atoms with Gasteiger partial charge < -0.3 is 19.3 Å². The van der Waals surface area contributed by atoms with Gasteiger partial charge in [-0.1, -0.05) is 19.8 Å². The fourth-order valence-corrected chi connectivity index (χ4v) is 7.61. The van der Waals surface area contributed by atoms with Gasteiger partial charge in [0.25, 0.3) is 0 Å². The van der Waals surface area contributed by atoms with Crippen LogP contribution in [0.25, 0.3) is 0 Å². The second-order valence-electron chi connectivity index (χ2n) is 13.1. The zero-order valence-electron chi connectivity index (χ0n) is 22.5. The maximum Gasteiger partial charge on any atom is 0.302 e. The largest absolute Gasteiger partial charge is 0.462 e. The lowest BCUT2D eigenvalue weighted by Crippen LogP contribution is -2.43. The van der Waals surface area contributed by atoms with Crippen molar-refractivity contribution >= 4 is 5.97 Å². The molecule has 0 spiro atoms. The highest BCUT2D eigenvalue weighted by Crippen LogP contribution is 2.59. The summed E-state index contributed by atoms with van der Waals surface area (Å²) in [6.07, 6.45) is 11.0. The lowest BCUT2D eigenvalue weighted by Gasteiger charge is -2.47. The van der Waals surface area contributed by atoms with Crippen LogP contribution in [0.5, 0.6) is 0 Å². The molecular weight excluding hydrogens is 416 g/mol. The molecule has 5 heteroatoms. The van der Waals surface area contributed by atoms with E-state index < -0.39 is 11.4 Å². The number of esters is 1. The number of carbonyl (C=O) groups excluding carboxylic acids is 1. The molecule has 1 aliphatic heterocycles. The second-order valence-corrected chi connectivity index (χ2v) is 13.1. The first kappa shape index (κ1) is 26.9. The molecule has 4 unspecified atom stereocenters. The fourth-order valence-electron chi connectivity index (χ4n) is 7.61. The van der Waals surface area contributed by atoms with Gasteiger partial charge in [0.2, 0.25) is 0 Å². The summed E-state index contributed by atoms with van der Waals surface area (Å²) < 4.78 is 18.3. The highest BCUT2D eigenvalue weighted by atomic mass is 16.8. The van der Waals surface area contributed by atoms with Crippen LogP contribution in [0.2, 0.25) is 0 Å². The zero-order chi connectivity index (χ0) is 24.7. The van der Waals surface area contributed by atoms with Gasteiger partial charge >= 0.3 is 5.97 Å². The fraction of sp³-hybridized carbons (Fsp3) is 0.964. The number of ether oxygens (including phenoxy) is 3. The summed E-state index contributed by atoms with van der Waals surface area (Å²) in [5.74, 6) is 1.01. The van der Waals surface area contributed by atoms with Crippen LogP contribution >= 0.6 is 0 Å². The molecule has 3 rings (SSSR count). The summed E-state index contributed by atoms with van der Waals surface area (Å²) in [5.41, 5.74) is -0.680. The Balaban J connectivity index is 1.74. The molecule has 0 amide bonds. The summed E-state index contributed by atoms with van der Waals surface area (Å²) in [6, 6.07) is 0. The lowest BCUT2D eigenvalue weighted by atomic mass is 9.60. The summed E-state index contributed by atoms with van der Waals surface area (Å²) in [5, 5.41) is 10.3. The molecule has 1 N–H and O–H groups in total. The van der Waals surface area contributed by atoms with Gasteiger partial charge in [0.05, 0.1) is 17.3 Å². The minimum atomic E-state index is -0.619. The van der Waals surface area contributed by atoms with Gasteiger partial charge in [-0.05, 0) is 110 Å². The highest BCUT2D eigenvalue weighted by molar-refractivity contribution is 5.66. The molecule has 0 aromatic heterocycles. The van der Waals surface area contributed by atoms with Gasteiger partial charge in [-0.15, -0.1) is 0 Å². The first-order chi connectivity index (χ1) is 15.1. The number of rotatable bonds is 9. The van der Waals surface area contributed by atoms with E-state index in [4.69, 9.17) is 14.2 Å². The Morgan fingerprint density at radius 3 is 2.39 bits per heavy atom. The molecule has 0 aromatic rings. The standard InChI is InChI=1S/C28H50O5/c1-19(29)31-23-12-10-18-28(8)21(14-15-22(23)28)20(11-9-17-25(2,3)30)13-16-24-26(4,5)33-27(6,7)32-24/h20-24,30H,9-18H2,1-8H3/t20?,21?,22?,23-,24?,28+/m0/s1. The van der Waals surface area contributed by atoms with Gasteiger partial charge in [0, 0.05) is 12.8 Å². The normalized spacial score (nSPS) is 36.4. The Labute approximate surface area is 202 Å². The van der Waals surface area contributed by atoms with Crippen molar-refractivity contribution in [1.29, 1.82) is 0 Å². The molecule has 3 fully saturated rings. The summed E-state index contributed by atoms with van der Waals surface area (Å²) in [6.45, 7) is 16.1. The van der Waals surface area contributed by atoms with Crippen LogP contribution in [0.3, 0.4) is 0 Å². The molecule has 3 aliphatic rings.